The van der Waals surface area contributed by atoms with Crippen molar-refractivity contribution in [2.24, 2.45) is 0 Å². The van der Waals surface area contributed by atoms with Crippen molar-refractivity contribution in [3.63, 3.8) is 0 Å². The van der Waals surface area contributed by atoms with Crippen LogP contribution in [0.25, 0.3) is 0 Å². The zero-order chi connectivity index (χ0) is 20.2. The molecule has 2 amide bonds. The third-order valence-corrected chi connectivity index (χ3v) is 6.39. The second-order valence-electron chi connectivity index (χ2n) is 8.32. The fourth-order valence-corrected chi connectivity index (χ4v) is 4.58. The molecule has 1 aromatic rings. The molecular weight excluding hydrogens is 368 g/mol. The Morgan fingerprint density at radius 2 is 1.62 bits per heavy atom. The van der Waals surface area contributed by atoms with Crippen LogP contribution in [-0.2, 0) is 27.2 Å². The summed E-state index contributed by atoms with van der Waals surface area (Å²) in [5.41, 5.74) is 3.38. The first-order valence-electron chi connectivity index (χ1n) is 10.9. The summed E-state index contributed by atoms with van der Waals surface area (Å²) in [6.07, 6.45) is 6.46. The van der Waals surface area contributed by atoms with E-state index in [1.165, 1.54) is 24.0 Å². The first-order valence-corrected chi connectivity index (χ1v) is 10.9. The van der Waals surface area contributed by atoms with Crippen LogP contribution in [0.5, 0.6) is 0 Å². The Bertz CT molecular complexity index is 777. The number of hydrogen-bond acceptors (Lipinski definition) is 4. The highest BCUT2D eigenvalue weighted by molar-refractivity contribution is 5.98. The molecule has 156 valence electrons. The molecule has 0 spiro atoms. The third-order valence-electron chi connectivity index (χ3n) is 6.39. The number of aryl methyl sites for hydroxylation is 2. The zero-order valence-corrected chi connectivity index (χ0v) is 17.0. The topological polar surface area (TPSA) is 66.9 Å². The number of ketones is 1. The second-order valence-corrected chi connectivity index (χ2v) is 8.32. The number of amides is 2. The molecule has 29 heavy (non-hydrogen) atoms. The number of nitrogens with zero attached hydrogens (tertiary/aromatic N) is 2. The summed E-state index contributed by atoms with van der Waals surface area (Å²) < 4.78 is 5.47. The number of hydrogen-bond donors (Lipinski definition) is 0. The Labute approximate surface area is 172 Å². The van der Waals surface area contributed by atoms with Crippen molar-refractivity contribution < 1.29 is 19.1 Å². The Hall–Kier alpha value is -2.21. The van der Waals surface area contributed by atoms with Gasteiger partial charge in [0.1, 0.15) is 6.10 Å². The molecule has 1 atom stereocenters. The van der Waals surface area contributed by atoms with Crippen LogP contribution in [0.4, 0.5) is 0 Å². The van der Waals surface area contributed by atoms with Gasteiger partial charge < -0.3 is 14.5 Å². The van der Waals surface area contributed by atoms with Crippen molar-refractivity contribution >= 4 is 17.6 Å². The smallest absolute Gasteiger partial charge is 0.251 e. The fourth-order valence-electron chi connectivity index (χ4n) is 4.58. The van der Waals surface area contributed by atoms with E-state index >= 15 is 0 Å². The van der Waals surface area contributed by atoms with E-state index in [-0.39, 0.29) is 36.5 Å². The van der Waals surface area contributed by atoms with Gasteiger partial charge >= 0.3 is 0 Å². The van der Waals surface area contributed by atoms with Gasteiger partial charge in [-0.1, -0.05) is 12.1 Å². The first-order chi connectivity index (χ1) is 14.1. The molecule has 1 aliphatic carbocycles. The maximum absolute atomic E-state index is 12.6. The summed E-state index contributed by atoms with van der Waals surface area (Å²) in [5, 5.41) is 0. The SMILES string of the molecule is O=C(CCC(=O)N1CCN(C(=O)C2CCCO2)CC1)c1ccc2c(c1)CCCC2. The molecular formula is C23H30N2O4. The normalized spacial score (nSPS) is 21.7. The monoisotopic (exact) mass is 398 g/mol. The number of carbonyl (C=O) groups is 3. The van der Waals surface area contributed by atoms with E-state index < -0.39 is 0 Å². The molecule has 1 unspecified atom stereocenters. The van der Waals surface area contributed by atoms with Crippen LogP contribution in [-0.4, -0.2) is 66.3 Å². The van der Waals surface area contributed by atoms with Gasteiger partial charge in [0, 0.05) is 51.2 Å². The number of Topliss-reactive ketones (excluding diaryl/α,β-unsaturated/α-hetero) is 1. The lowest BCUT2D eigenvalue weighted by molar-refractivity contribution is -0.146. The number of benzene rings is 1. The van der Waals surface area contributed by atoms with E-state index in [1.54, 1.807) is 9.80 Å². The summed E-state index contributed by atoms with van der Waals surface area (Å²) in [7, 11) is 0. The number of carbonyl (C=O) groups excluding carboxylic acids is 3. The number of ether oxygens (including phenoxy) is 1. The lowest BCUT2D eigenvalue weighted by Crippen LogP contribution is -2.52. The molecule has 6 nitrogen and oxygen atoms in total. The first kappa shape index (κ1) is 20.1. The van der Waals surface area contributed by atoms with E-state index in [2.05, 4.69) is 6.07 Å². The predicted octanol–water partition coefficient (Wildman–Crippen LogP) is 2.38. The van der Waals surface area contributed by atoms with Crippen molar-refractivity contribution in [3.8, 4) is 0 Å². The molecule has 0 N–H and O–H groups in total. The minimum absolute atomic E-state index is 0.000486. The molecule has 0 bridgehead atoms. The van der Waals surface area contributed by atoms with E-state index in [0.717, 1.165) is 31.2 Å². The number of fused-ring (bicyclic) bond motifs is 1. The maximum atomic E-state index is 12.6. The Balaban J connectivity index is 1.24. The molecule has 3 aliphatic rings. The molecule has 6 heteroatoms. The molecule has 2 saturated heterocycles. The lowest BCUT2D eigenvalue weighted by Gasteiger charge is -2.35. The van der Waals surface area contributed by atoms with Crippen molar-refractivity contribution in [1.82, 2.24) is 9.80 Å². The lowest BCUT2D eigenvalue weighted by atomic mass is 9.89. The van der Waals surface area contributed by atoms with E-state index in [4.69, 9.17) is 4.74 Å². The fraction of sp³-hybridized carbons (Fsp3) is 0.609. The highest BCUT2D eigenvalue weighted by Gasteiger charge is 2.31. The van der Waals surface area contributed by atoms with Crippen molar-refractivity contribution in [3.05, 3.63) is 34.9 Å². The summed E-state index contributed by atoms with van der Waals surface area (Å²) in [5.74, 6) is 0.0941. The molecule has 0 radical (unpaired) electrons. The van der Waals surface area contributed by atoms with Gasteiger partial charge in [-0.15, -0.1) is 0 Å². The molecule has 0 aromatic heterocycles. The largest absolute Gasteiger partial charge is 0.368 e. The molecule has 2 aliphatic heterocycles. The maximum Gasteiger partial charge on any atom is 0.251 e. The number of rotatable bonds is 5. The Morgan fingerprint density at radius 3 is 2.34 bits per heavy atom. The molecule has 1 aromatic carbocycles. The van der Waals surface area contributed by atoms with Crippen LogP contribution in [0.2, 0.25) is 0 Å². The van der Waals surface area contributed by atoms with E-state index in [1.807, 2.05) is 12.1 Å². The van der Waals surface area contributed by atoms with Gasteiger partial charge in [0.2, 0.25) is 5.91 Å². The highest BCUT2D eigenvalue weighted by atomic mass is 16.5. The minimum atomic E-state index is -0.300. The Morgan fingerprint density at radius 1 is 0.897 bits per heavy atom. The molecule has 2 fully saturated rings. The van der Waals surface area contributed by atoms with Crippen LogP contribution in [0.3, 0.4) is 0 Å². The minimum Gasteiger partial charge on any atom is -0.368 e. The average Bonchev–Trinajstić information content (AvgIpc) is 3.31. The Kier molecular flexibility index (Phi) is 6.28. The van der Waals surface area contributed by atoms with Gasteiger partial charge in [0.25, 0.3) is 5.91 Å². The summed E-state index contributed by atoms with van der Waals surface area (Å²) >= 11 is 0. The van der Waals surface area contributed by atoms with E-state index in [0.29, 0.717) is 32.8 Å². The van der Waals surface area contributed by atoms with Gasteiger partial charge in [-0.2, -0.15) is 0 Å². The van der Waals surface area contributed by atoms with Crippen LogP contribution in [0.15, 0.2) is 18.2 Å². The molecule has 4 rings (SSSR count). The second kappa shape index (κ2) is 9.08. The number of piperazine rings is 1. The van der Waals surface area contributed by atoms with Crippen molar-refractivity contribution in [2.75, 3.05) is 32.8 Å². The van der Waals surface area contributed by atoms with Gasteiger partial charge in [-0.05, 0) is 55.7 Å². The molecule has 2 heterocycles. The quantitative estimate of drug-likeness (QED) is 0.715. The van der Waals surface area contributed by atoms with Crippen LogP contribution < -0.4 is 0 Å². The van der Waals surface area contributed by atoms with Crippen molar-refractivity contribution in [2.45, 2.75) is 57.5 Å². The van der Waals surface area contributed by atoms with Gasteiger partial charge in [0.15, 0.2) is 5.78 Å². The van der Waals surface area contributed by atoms with Gasteiger partial charge in [-0.25, -0.2) is 0 Å². The summed E-state index contributed by atoms with van der Waals surface area (Å²) in [6, 6.07) is 6.01. The van der Waals surface area contributed by atoms with Crippen LogP contribution >= 0.6 is 0 Å². The van der Waals surface area contributed by atoms with Crippen molar-refractivity contribution in [1.29, 1.82) is 0 Å². The van der Waals surface area contributed by atoms with Gasteiger partial charge in [0.05, 0.1) is 0 Å². The van der Waals surface area contributed by atoms with E-state index in [9.17, 15) is 14.4 Å². The highest BCUT2D eigenvalue weighted by Crippen LogP contribution is 2.23. The standard InChI is InChI=1S/C23H30N2O4/c26-20(19-8-7-17-4-1-2-5-18(17)16-19)9-10-22(27)24-11-13-25(14-12-24)23(28)21-6-3-15-29-21/h7-8,16,21H,1-6,9-15H2. The summed E-state index contributed by atoms with van der Waals surface area (Å²) in [6.45, 7) is 2.81. The zero-order valence-electron chi connectivity index (χ0n) is 17.0. The van der Waals surface area contributed by atoms with Crippen LogP contribution in [0, 0.1) is 0 Å². The summed E-state index contributed by atoms with van der Waals surface area (Å²) in [4.78, 5) is 41.1. The van der Waals surface area contributed by atoms with Gasteiger partial charge in [-0.3, -0.25) is 14.4 Å². The average molecular weight is 399 g/mol. The third kappa shape index (κ3) is 4.69. The molecule has 0 saturated carbocycles. The predicted molar refractivity (Wildman–Crippen MR) is 109 cm³/mol. The van der Waals surface area contributed by atoms with Crippen LogP contribution in [0.1, 0.15) is 60.0 Å².